The highest BCUT2D eigenvalue weighted by molar-refractivity contribution is 6.05. The Balaban J connectivity index is 1.65. The molecule has 3 aliphatic rings. The third kappa shape index (κ3) is 5.29. The number of ether oxygens (including phenoxy) is 1. The molecule has 3 aliphatic heterocycles. The van der Waals surface area contributed by atoms with Crippen molar-refractivity contribution in [3.63, 3.8) is 0 Å². The van der Waals surface area contributed by atoms with Crippen LogP contribution in [0, 0.1) is 37.5 Å². The Hall–Kier alpha value is -3.75. The zero-order chi connectivity index (χ0) is 33.6. The van der Waals surface area contributed by atoms with Crippen molar-refractivity contribution < 1.29 is 24.2 Å². The van der Waals surface area contributed by atoms with Crippen LogP contribution < -0.4 is 4.90 Å². The molecule has 0 aliphatic carbocycles. The van der Waals surface area contributed by atoms with Crippen molar-refractivity contribution in [2.75, 3.05) is 24.6 Å². The molecule has 8 heteroatoms. The standard InChI is InChI=1S/C38H49N3O5/c1-9-18-39(22-28-14-12-11-13-15-28)34(43)31-32-35(44)41(30(23-42)24(3)4)33(38(32)21-27(7)37(31,8)46-38)36(45)40(19-10-2)29-20-25(5)16-17-26(29)6/h9-17,20,24,27,30-33,42H,1-2,18-19,21-23H2,3-8H3/t27?,30-,31+,32-,33?,37-,38?/m0/s1. The van der Waals surface area contributed by atoms with Gasteiger partial charge in [-0.2, -0.15) is 0 Å². The monoisotopic (exact) mass is 627 g/mol. The van der Waals surface area contributed by atoms with Crippen LogP contribution in [0.15, 0.2) is 73.8 Å². The fourth-order valence-electron chi connectivity index (χ4n) is 8.29. The summed E-state index contributed by atoms with van der Waals surface area (Å²) in [5.74, 6) is -2.74. The molecule has 3 saturated heterocycles. The number of rotatable bonds is 12. The molecule has 5 rings (SSSR count). The second-order valence-corrected chi connectivity index (χ2v) is 14.0. The predicted octanol–water partition coefficient (Wildman–Crippen LogP) is 5.06. The van der Waals surface area contributed by atoms with Crippen LogP contribution in [0.4, 0.5) is 5.69 Å². The maximum absolute atomic E-state index is 15.1. The molecule has 0 saturated carbocycles. The van der Waals surface area contributed by atoms with E-state index in [0.29, 0.717) is 19.5 Å². The number of aliphatic hydroxyl groups excluding tert-OH is 1. The first-order chi connectivity index (χ1) is 21.9. The highest BCUT2D eigenvalue weighted by atomic mass is 16.5. The summed E-state index contributed by atoms with van der Waals surface area (Å²) in [7, 11) is 0. The quantitative estimate of drug-likeness (QED) is 0.332. The second kappa shape index (κ2) is 12.8. The number of carbonyl (C=O) groups excluding carboxylic acids is 3. The highest BCUT2D eigenvalue weighted by Gasteiger charge is 2.80. The third-order valence-electron chi connectivity index (χ3n) is 10.7. The van der Waals surface area contributed by atoms with Gasteiger partial charge in [-0.05, 0) is 61.8 Å². The van der Waals surface area contributed by atoms with Crippen LogP contribution in [0.5, 0.6) is 0 Å². The largest absolute Gasteiger partial charge is 0.394 e. The first kappa shape index (κ1) is 33.6. The van der Waals surface area contributed by atoms with E-state index < -0.39 is 35.1 Å². The van der Waals surface area contributed by atoms with Gasteiger partial charge in [0, 0.05) is 25.3 Å². The SMILES string of the molecule is C=CCN(Cc1ccccc1)C(=O)[C@H]1[C@H]2C(=O)N([C@@H](CO)C(C)C)C(C(=O)N(CC=C)c3cc(C)ccc3C)C23CC(C)[C@]1(C)O3. The van der Waals surface area contributed by atoms with Gasteiger partial charge in [-0.25, -0.2) is 0 Å². The topological polar surface area (TPSA) is 90.4 Å². The van der Waals surface area contributed by atoms with Crippen LogP contribution in [0.1, 0.15) is 50.8 Å². The summed E-state index contributed by atoms with van der Waals surface area (Å²) in [5.41, 5.74) is 1.41. The average molecular weight is 628 g/mol. The number of hydrogen-bond donors (Lipinski definition) is 1. The number of carbonyl (C=O) groups is 3. The van der Waals surface area contributed by atoms with E-state index in [-0.39, 0.29) is 42.7 Å². The molecule has 0 radical (unpaired) electrons. The zero-order valence-corrected chi connectivity index (χ0v) is 28.1. The molecule has 0 aromatic heterocycles. The maximum Gasteiger partial charge on any atom is 0.253 e. The lowest BCUT2D eigenvalue weighted by atomic mass is 9.62. The summed E-state index contributed by atoms with van der Waals surface area (Å²) < 4.78 is 7.03. The number of amides is 3. The molecule has 2 aromatic carbocycles. The molecule has 46 heavy (non-hydrogen) atoms. The van der Waals surface area contributed by atoms with Crippen molar-refractivity contribution in [3.8, 4) is 0 Å². The normalized spacial score (nSPS) is 28.7. The highest BCUT2D eigenvalue weighted by Crippen LogP contribution is 2.66. The molecule has 3 amide bonds. The van der Waals surface area contributed by atoms with Crippen LogP contribution >= 0.6 is 0 Å². The second-order valence-electron chi connectivity index (χ2n) is 14.0. The smallest absolute Gasteiger partial charge is 0.253 e. The predicted molar refractivity (Wildman–Crippen MR) is 180 cm³/mol. The molecule has 2 aromatic rings. The van der Waals surface area contributed by atoms with Gasteiger partial charge in [-0.15, -0.1) is 13.2 Å². The van der Waals surface area contributed by atoms with Gasteiger partial charge in [-0.3, -0.25) is 14.4 Å². The van der Waals surface area contributed by atoms with Crippen LogP contribution in [-0.4, -0.2) is 75.6 Å². The summed E-state index contributed by atoms with van der Waals surface area (Å²) in [4.78, 5) is 49.7. The molecule has 1 N–H and O–H groups in total. The summed E-state index contributed by atoms with van der Waals surface area (Å²) >= 11 is 0. The van der Waals surface area contributed by atoms with Gasteiger partial charge in [-0.1, -0.05) is 75.4 Å². The minimum Gasteiger partial charge on any atom is -0.394 e. The van der Waals surface area contributed by atoms with Gasteiger partial charge in [0.1, 0.15) is 11.6 Å². The molecule has 3 unspecified atom stereocenters. The van der Waals surface area contributed by atoms with Crippen LogP contribution in [0.2, 0.25) is 0 Å². The van der Waals surface area contributed by atoms with E-state index in [4.69, 9.17) is 4.74 Å². The molecule has 1 spiro atoms. The minimum absolute atomic E-state index is 0.108. The zero-order valence-electron chi connectivity index (χ0n) is 28.1. The fourth-order valence-corrected chi connectivity index (χ4v) is 8.29. The summed E-state index contributed by atoms with van der Waals surface area (Å²) in [5, 5.41) is 10.7. The van der Waals surface area contributed by atoms with Gasteiger partial charge >= 0.3 is 0 Å². The van der Waals surface area contributed by atoms with Gasteiger partial charge < -0.3 is 24.5 Å². The van der Waals surface area contributed by atoms with Gasteiger partial charge in [0.05, 0.1) is 30.1 Å². The van der Waals surface area contributed by atoms with Gasteiger partial charge in [0.25, 0.3) is 5.91 Å². The number of likely N-dealkylation sites (tertiary alicyclic amines) is 1. The molecular formula is C38H49N3O5. The third-order valence-corrected chi connectivity index (χ3v) is 10.7. The van der Waals surface area contributed by atoms with Crippen molar-refractivity contribution in [2.45, 2.75) is 77.8 Å². The molecule has 3 fully saturated rings. The summed E-state index contributed by atoms with van der Waals surface area (Å²) in [6.07, 6.45) is 3.83. The molecule has 2 bridgehead atoms. The summed E-state index contributed by atoms with van der Waals surface area (Å²) in [6, 6.07) is 14.0. The summed E-state index contributed by atoms with van der Waals surface area (Å²) in [6.45, 7) is 20.2. The Bertz CT molecular complexity index is 1510. The van der Waals surface area contributed by atoms with E-state index >= 15 is 4.79 Å². The maximum atomic E-state index is 15.1. The molecule has 3 heterocycles. The number of aliphatic hydroxyl groups is 1. The first-order valence-electron chi connectivity index (χ1n) is 16.4. The van der Waals surface area contributed by atoms with Gasteiger partial charge in [0.2, 0.25) is 11.8 Å². The minimum atomic E-state index is -1.24. The lowest BCUT2D eigenvalue weighted by Crippen LogP contribution is -2.60. The number of fused-ring (bicyclic) bond motifs is 1. The number of aryl methyl sites for hydroxylation is 2. The Morgan fingerprint density at radius 2 is 1.76 bits per heavy atom. The molecule has 7 atom stereocenters. The molecule has 246 valence electrons. The van der Waals surface area contributed by atoms with Crippen molar-refractivity contribution in [1.29, 1.82) is 0 Å². The van der Waals surface area contributed by atoms with E-state index in [1.54, 1.807) is 26.9 Å². The lowest BCUT2D eigenvalue weighted by molar-refractivity contribution is -0.154. The van der Waals surface area contributed by atoms with E-state index in [1.807, 2.05) is 90.1 Å². The number of hydrogen-bond acceptors (Lipinski definition) is 5. The van der Waals surface area contributed by atoms with Crippen molar-refractivity contribution in [2.24, 2.45) is 23.7 Å². The van der Waals surface area contributed by atoms with Gasteiger partial charge in [0.15, 0.2) is 0 Å². The van der Waals surface area contributed by atoms with Crippen LogP contribution in [0.25, 0.3) is 0 Å². The Labute approximate surface area is 273 Å². The van der Waals surface area contributed by atoms with Crippen molar-refractivity contribution in [1.82, 2.24) is 9.80 Å². The van der Waals surface area contributed by atoms with E-state index in [2.05, 4.69) is 13.2 Å². The fraction of sp³-hybridized carbons (Fsp3) is 0.500. The average Bonchev–Trinajstić information content (AvgIpc) is 3.53. The van der Waals surface area contributed by atoms with E-state index in [1.165, 1.54) is 0 Å². The Morgan fingerprint density at radius 3 is 2.37 bits per heavy atom. The molecular weight excluding hydrogens is 578 g/mol. The van der Waals surface area contributed by atoms with Crippen LogP contribution in [-0.2, 0) is 25.7 Å². The van der Waals surface area contributed by atoms with Crippen molar-refractivity contribution >= 4 is 23.4 Å². The number of nitrogens with zero attached hydrogens (tertiary/aromatic N) is 3. The number of benzene rings is 2. The Morgan fingerprint density at radius 1 is 1.09 bits per heavy atom. The van der Waals surface area contributed by atoms with E-state index in [0.717, 1.165) is 22.4 Å². The number of anilines is 1. The Kier molecular flexibility index (Phi) is 9.35. The first-order valence-corrected chi connectivity index (χ1v) is 16.4. The molecule has 8 nitrogen and oxygen atoms in total. The lowest BCUT2D eigenvalue weighted by Gasteiger charge is -2.41. The van der Waals surface area contributed by atoms with Crippen LogP contribution in [0.3, 0.4) is 0 Å². The van der Waals surface area contributed by atoms with Crippen molar-refractivity contribution in [3.05, 3.63) is 90.5 Å². The van der Waals surface area contributed by atoms with E-state index in [9.17, 15) is 14.7 Å².